The van der Waals surface area contributed by atoms with Crippen molar-refractivity contribution in [3.05, 3.63) is 53.3 Å². The molecule has 0 spiro atoms. The lowest BCUT2D eigenvalue weighted by Crippen LogP contribution is -2.24. The summed E-state index contributed by atoms with van der Waals surface area (Å²) in [4.78, 5) is 12.0. The third kappa shape index (κ3) is 2.50. The summed E-state index contributed by atoms with van der Waals surface area (Å²) in [6, 6.07) is 9.76. The van der Waals surface area contributed by atoms with Gasteiger partial charge in [-0.2, -0.15) is 0 Å². The van der Waals surface area contributed by atoms with E-state index in [1.807, 2.05) is 0 Å². The molecule has 1 N–H and O–H groups in total. The average molecular weight is 301 g/mol. The molecule has 5 heteroatoms. The highest BCUT2D eigenvalue weighted by Crippen LogP contribution is 2.44. The first-order chi connectivity index (χ1) is 10.6. The summed E-state index contributed by atoms with van der Waals surface area (Å²) in [5.74, 6) is 0.688. The van der Waals surface area contributed by atoms with Crippen LogP contribution in [0.15, 0.2) is 36.4 Å². The summed E-state index contributed by atoms with van der Waals surface area (Å²) < 4.78 is 23.8. The van der Waals surface area contributed by atoms with Crippen molar-refractivity contribution in [3.8, 4) is 11.5 Å². The van der Waals surface area contributed by atoms with Gasteiger partial charge in [-0.15, -0.1) is 0 Å². The molecule has 0 radical (unpaired) electrons. The van der Waals surface area contributed by atoms with Crippen LogP contribution in [0.25, 0.3) is 0 Å². The van der Waals surface area contributed by atoms with Crippen LogP contribution in [-0.2, 0) is 4.79 Å². The maximum absolute atomic E-state index is 13.2. The summed E-state index contributed by atoms with van der Waals surface area (Å²) in [6.45, 7) is 0. The van der Waals surface area contributed by atoms with E-state index in [1.165, 1.54) is 12.1 Å². The van der Waals surface area contributed by atoms with Crippen LogP contribution in [0.4, 0.5) is 10.1 Å². The number of hydrogen-bond donors (Lipinski definition) is 1. The number of ether oxygens (including phenoxy) is 2. The third-order valence-corrected chi connectivity index (χ3v) is 3.86. The number of carbonyl (C=O) groups is 1. The molecular weight excluding hydrogens is 285 g/mol. The van der Waals surface area contributed by atoms with Gasteiger partial charge in [-0.25, -0.2) is 4.39 Å². The van der Waals surface area contributed by atoms with Crippen molar-refractivity contribution in [1.29, 1.82) is 0 Å². The highest BCUT2D eigenvalue weighted by molar-refractivity contribution is 5.96. The number of fused-ring (bicyclic) bond motifs is 1. The van der Waals surface area contributed by atoms with Gasteiger partial charge in [-0.3, -0.25) is 4.79 Å². The predicted molar refractivity (Wildman–Crippen MR) is 81.0 cm³/mol. The Balaban J connectivity index is 2.15. The van der Waals surface area contributed by atoms with Crippen LogP contribution in [0.5, 0.6) is 11.5 Å². The van der Waals surface area contributed by atoms with E-state index in [9.17, 15) is 9.18 Å². The van der Waals surface area contributed by atoms with Gasteiger partial charge in [0.2, 0.25) is 5.91 Å². The number of halogens is 1. The lowest BCUT2D eigenvalue weighted by atomic mass is 9.84. The predicted octanol–water partition coefficient (Wildman–Crippen LogP) is 3.32. The van der Waals surface area contributed by atoms with Gasteiger partial charge in [0, 0.05) is 30.0 Å². The van der Waals surface area contributed by atoms with Crippen molar-refractivity contribution in [1.82, 2.24) is 0 Å². The second-order valence-corrected chi connectivity index (χ2v) is 5.15. The zero-order valence-corrected chi connectivity index (χ0v) is 12.4. The fraction of sp³-hybridized carbons (Fsp3) is 0.235. The molecule has 0 fully saturated rings. The molecule has 114 valence electrons. The first-order valence-electron chi connectivity index (χ1n) is 6.93. The van der Waals surface area contributed by atoms with Crippen LogP contribution in [0.3, 0.4) is 0 Å². The number of benzene rings is 2. The quantitative estimate of drug-likeness (QED) is 0.946. The van der Waals surface area contributed by atoms with Crippen LogP contribution < -0.4 is 14.8 Å². The standard InChI is InChI=1S/C17H16FNO3/c1-21-12-7-14-17(15(8-12)22-2)13(9-16(20)19-14)10-3-5-11(18)6-4-10/h3-8,13H,9H2,1-2H3,(H,19,20). The SMILES string of the molecule is COc1cc2c(c(OC)c1)C(c1ccc(F)cc1)CC(=O)N2. The van der Waals surface area contributed by atoms with Crippen molar-refractivity contribution in [3.63, 3.8) is 0 Å². The largest absolute Gasteiger partial charge is 0.497 e. The van der Waals surface area contributed by atoms with E-state index in [0.717, 1.165) is 11.1 Å². The van der Waals surface area contributed by atoms with Crippen LogP contribution in [0.2, 0.25) is 0 Å². The third-order valence-electron chi connectivity index (χ3n) is 3.86. The van der Waals surface area contributed by atoms with Gasteiger partial charge in [-0.05, 0) is 17.7 Å². The second kappa shape index (κ2) is 5.67. The minimum absolute atomic E-state index is 0.0860. The summed E-state index contributed by atoms with van der Waals surface area (Å²) in [5, 5.41) is 2.85. The number of methoxy groups -OCH3 is 2. The Morgan fingerprint density at radius 3 is 2.50 bits per heavy atom. The van der Waals surface area contributed by atoms with E-state index in [2.05, 4.69) is 5.32 Å². The molecule has 22 heavy (non-hydrogen) atoms. The lowest BCUT2D eigenvalue weighted by molar-refractivity contribution is -0.116. The van der Waals surface area contributed by atoms with Crippen molar-refractivity contribution < 1.29 is 18.7 Å². The molecule has 1 unspecified atom stereocenters. The number of hydrogen-bond acceptors (Lipinski definition) is 3. The molecule has 3 rings (SSSR count). The van der Waals surface area contributed by atoms with Crippen molar-refractivity contribution in [2.45, 2.75) is 12.3 Å². The Hall–Kier alpha value is -2.56. The first kappa shape index (κ1) is 14.4. The van der Waals surface area contributed by atoms with Gasteiger partial charge in [-0.1, -0.05) is 12.1 Å². The molecule has 0 aliphatic carbocycles. The number of amides is 1. The molecule has 1 amide bonds. The zero-order valence-electron chi connectivity index (χ0n) is 12.4. The topological polar surface area (TPSA) is 47.6 Å². The molecule has 1 aliphatic rings. The molecule has 0 aromatic heterocycles. The van der Waals surface area contributed by atoms with Gasteiger partial charge in [0.1, 0.15) is 17.3 Å². The fourth-order valence-corrected chi connectivity index (χ4v) is 2.82. The maximum Gasteiger partial charge on any atom is 0.225 e. The van der Waals surface area contributed by atoms with Crippen molar-refractivity contribution in [2.75, 3.05) is 19.5 Å². The van der Waals surface area contributed by atoms with Gasteiger partial charge in [0.25, 0.3) is 0 Å². The molecule has 1 aliphatic heterocycles. The molecular formula is C17H16FNO3. The molecule has 2 aromatic carbocycles. The summed E-state index contributed by atoms with van der Waals surface area (Å²) in [5.41, 5.74) is 2.43. The van der Waals surface area contributed by atoms with Crippen LogP contribution in [0.1, 0.15) is 23.5 Å². The zero-order chi connectivity index (χ0) is 15.7. The van der Waals surface area contributed by atoms with E-state index >= 15 is 0 Å². The van der Waals surface area contributed by atoms with E-state index in [1.54, 1.807) is 38.5 Å². The highest BCUT2D eigenvalue weighted by Gasteiger charge is 2.30. The van der Waals surface area contributed by atoms with E-state index in [4.69, 9.17) is 9.47 Å². The number of rotatable bonds is 3. The summed E-state index contributed by atoms with van der Waals surface area (Å²) >= 11 is 0. The van der Waals surface area contributed by atoms with Crippen molar-refractivity contribution in [2.24, 2.45) is 0 Å². The van der Waals surface area contributed by atoms with Crippen molar-refractivity contribution >= 4 is 11.6 Å². The van der Waals surface area contributed by atoms with Gasteiger partial charge < -0.3 is 14.8 Å². The Morgan fingerprint density at radius 2 is 1.86 bits per heavy atom. The Bertz CT molecular complexity index is 713. The van der Waals surface area contributed by atoms with Crippen LogP contribution >= 0.6 is 0 Å². The fourth-order valence-electron chi connectivity index (χ4n) is 2.82. The molecule has 1 heterocycles. The summed E-state index contributed by atoms with van der Waals surface area (Å²) in [7, 11) is 3.14. The molecule has 1 atom stereocenters. The molecule has 0 saturated carbocycles. The molecule has 4 nitrogen and oxygen atoms in total. The maximum atomic E-state index is 13.2. The molecule has 0 saturated heterocycles. The molecule has 0 bridgehead atoms. The van der Waals surface area contributed by atoms with Gasteiger partial charge >= 0.3 is 0 Å². The Morgan fingerprint density at radius 1 is 1.14 bits per heavy atom. The smallest absolute Gasteiger partial charge is 0.225 e. The van der Waals surface area contributed by atoms with Gasteiger partial charge in [0.15, 0.2) is 0 Å². The second-order valence-electron chi connectivity index (χ2n) is 5.15. The first-order valence-corrected chi connectivity index (χ1v) is 6.93. The number of anilines is 1. The average Bonchev–Trinajstić information content (AvgIpc) is 2.53. The number of nitrogens with one attached hydrogen (secondary N) is 1. The van der Waals surface area contributed by atoms with Crippen LogP contribution in [0, 0.1) is 5.82 Å². The normalized spacial score (nSPS) is 16.7. The summed E-state index contributed by atoms with van der Waals surface area (Å²) in [6.07, 6.45) is 0.293. The minimum Gasteiger partial charge on any atom is -0.497 e. The Labute approximate surface area is 127 Å². The van der Waals surface area contributed by atoms with E-state index in [-0.39, 0.29) is 17.6 Å². The number of carbonyl (C=O) groups excluding carboxylic acids is 1. The van der Waals surface area contributed by atoms with E-state index in [0.29, 0.717) is 23.6 Å². The lowest BCUT2D eigenvalue weighted by Gasteiger charge is -2.28. The van der Waals surface area contributed by atoms with Crippen LogP contribution in [-0.4, -0.2) is 20.1 Å². The minimum atomic E-state index is -0.300. The van der Waals surface area contributed by atoms with E-state index < -0.39 is 0 Å². The highest BCUT2D eigenvalue weighted by atomic mass is 19.1. The Kier molecular flexibility index (Phi) is 3.71. The molecule has 2 aromatic rings. The van der Waals surface area contributed by atoms with Gasteiger partial charge in [0.05, 0.1) is 19.9 Å². The monoisotopic (exact) mass is 301 g/mol.